The van der Waals surface area contributed by atoms with Crippen LogP contribution in [0.5, 0.6) is 0 Å². The van der Waals surface area contributed by atoms with Crippen LogP contribution in [0.25, 0.3) is 0 Å². The van der Waals surface area contributed by atoms with Crippen molar-refractivity contribution in [3.63, 3.8) is 0 Å². The first-order valence-electron chi connectivity index (χ1n) is 8.19. The number of sulfonamides is 1. The summed E-state index contributed by atoms with van der Waals surface area (Å²) in [6.07, 6.45) is 1.42. The van der Waals surface area contributed by atoms with Gasteiger partial charge in [-0.25, -0.2) is 13.1 Å². The summed E-state index contributed by atoms with van der Waals surface area (Å²) in [5, 5.41) is 2.90. The van der Waals surface area contributed by atoms with Crippen molar-refractivity contribution in [1.29, 1.82) is 0 Å². The van der Waals surface area contributed by atoms with Gasteiger partial charge in [-0.1, -0.05) is 23.7 Å². The van der Waals surface area contributed by atoms with Crippen molar-refractivity contribution in [2.75, 3.05) is 26.0 Å². The standard InChI is InChI=1S/C19H20ClN3O4S/c1-4-10-21-28(26,27)15-7-5-6-13(11-15)18(24)22-14-8-9-17(20)16(12-14)19(25)23(2)3/h4-9,11-12,21H,1,10H2,2-3H3,(H,22,24). The SMILES string of the molecule is C=CCNS(=O)(=O)c1cccc(C(=O)Nc2ccc(Cl)c(C(=O)N(C)C)c2)c1. The van der Waals surface area contributed by atoms with E-state index >= 15 is 0 Å². The Bertz CT molecular complexity index is 1020. The minimum atomic E-state index is -3.75. The number of hydrogen-bond donors (Lipinski definition) is 2. The minimum Gasteiger partial charge on any atom is -0.345 e. The zero-order chi connectivity index (χ0) is 20.9. The second kappa shape index (κ2) is 9.01. The van der Waals surface area contributed by atoms with E-state index in [1.54, 1.807) is 20.2 Å². The van der Waals surface area contributed by atoms with Crippen LogP contribution in [0.3, 0.4) is 0 Å². The maximum Gasteiger partial charge on any atom is 0.255 e. The molecule has 2 aromatic carbocycles. The van der Waals surface area contributed by atoms with E-state index in [0.29, 0.717) is 5.69 Å². The normalized spacial score (nSPS) is 11.0. The van der Waals surface area contributed by atoms with Gasteiger partial charge >= 0.3 is 0 Å². The molecule has 0 radical (unpaired) electrons. The molecule has 0 heterocycles. The maximum absolute atomic E-state index is 12.5. The fourth-order valence-electron chi connectivity index (χ4n) is 2.27. The van der Waals surface area contributed by atoms with Crippen LogP contribution < -0.4 is 10.0 Å². The van der Waals surface area contributed by atoms with Crippen LogP contribution in [0.4, 0.5) is 5.69 Å². The van der Waals surface area contributed by atoms with E-state index in [1.165, 1.54) is 47.4 Å². The number of hydrogen-bond acceptors (Lipinski definition) is 4. The van der Waals surface area contributed by atoms with Gasteiger partial charge in [-0.05, 0) is 36.4 Å². The van der Waals surface area contributed by atoms with E-state index in [-0.39, 0.29) is 33.5 Å². The third kappa shape index (κ3) is 5.19. The number of carbonyl (C=O) groups is 2. The molecule has 0 unspecified atom stereocenters. The Morgan fingerprint density at radius 1 is 1.18 bits per heavy atom. The van der Waals surface area contributed by atoms with Crippen molar-refractivity contribution >= 4 is 39.1 Å². The fourth-order valence-corrected chi connectivity index (χ4v) is 3.51. The number of nitrogens with one attached hydrogen (secondary N) is 2. The fraction of sp³-hybridized carbons (Fsp3) is 0.158. The number of amides is 2. The van der Waals surface area contributed by atoms with Crippen LogP contribution in [0, 0.1) is 0 Å². The van der Waals surface area contributed by atoms with Crippen molar-refractivity contribution in [3.8, 4) is 0 Å². The molecule has 0 aromatic heterocycles. The lowest BCUT2D eigenvalue weighted by molar-refractivity contribution is 0.0827. The van der Waals surface area contributed by atoms with Crippen LogP contribution in [-0.4, -0.2) is 45.8 Å². The molecule has 0 aliphatic carbocycles. The molecule has 0 aliphatic heterocycles. The summed E-state index contributed by atoms with van der Waals surface area (Å²) in [5.74, 6) is -0.825. The Morgan fingerprint density at radius 3 is 2.54 bits per heavy atom. The minimum absolute atomic E-state index is 0.0402. The largest absolute Gasteiger partial charge is 0.345 e. The first-order valence-corrected chi connectivity index (χ1v) is 10.0. The van der Waals surface area contributed by atoms with Crippen LogP contribution in [-0.2, 0) is 10.0 Å². The number of benzene rings is 2. The van der Waals surface area contributed by atoms with Gasteiger partial charge in [-0.3, -0.25) is 9.59 Å². The van der Waals surface area contributed by atoms with Crippen molar-refractivity contribution in [1.82, 2.24) is 9.62 Å². The Balaban J connectivity index is 2.27. The maximum atomic E-state index is 12.5. The van der Waals surface area contributed by atoms with Crippen LogP contribution in [0.1, 0.15) is 20.7 Å². The van der Waals surface area contributed by atoms with Crippen molar-refractivity contribution in [2.45, 2.75) is 4.90 Å². The molecule has 2 aromatic rings. The number of nitrogens with zero attached hydrogens (tertiary/aromatic N) is 1. The summed E-state index contributed by atoms with van der Waals surface area (Å²) in [6.45, 7) is 3.53. The summed E-state index contributed by atoms with van der Waals surface area (Å²) in [7, 11) is -0.566. The highest BCUT2D eigenvalue weighted by molar-refractivity contribution is 7.89. The first-order chi connectivity index (χ1) is 13.2. The van der Waals surface area contributed by atoms with E-state index in [2.05, 4.69) is 16.6 Å². The average Bonchev–Trinajstić information content (AvgIpc) is 2.67. The molecule has 0 aliphatic rings. The second-order valence-corrected chi connectivity index (χ2v) is 8.19. The number of rotatable bonds is 7. The summed E-state index contributed by atoms with van der Waals surface area (Å²) >= 11 is 6.06. The third-order valence-corrected chi connectivity index (χ3v) is 5.44. The van der Waals surface area contributed by atoms with Crippen LogP contribution >= 0.6 is 11.6 Å². The average molecular weight is 422 g/mol. The molecule has 148 valence electrons. The van der Waals surface area contributed by atoms with Crippen molar-refractivity contribution < 1.29 is 18.0 Å². The molecule has 9 heteroatoms. The van der Waals surface area contributed by atoms with E-state index in [1.807, 2.05) is 0 Å². The second-order valence-electron chi connectivity index (χ2n) is 6.02. The molecule has 28 heavy (non-hydrogen) atoms. The third-order valence-electron chi connectivity index (χ3n) is 3.69. The highest BCUT2D eigenvalue weighted by Gasteiger charge is 2.17. The molecular formula is C19H20ClN3O4S. The van der Waals surface area contributed by atoms with Gasteiger partial charge in [-0.2, -0.15) is 0 Å². The first kappa shape index (κ1) is 21.6. The summed E-state index contributed by atoms with van der Waals surface area (Å²) in [5.41, 5.74) is 0.754. The molecule has 0 fully saturated rings. The zero-order valence-electron chi connectivity index (χ0n) is 15.4. The molecular weight excluding hydrogens is 402 g/mol. The van der Waals surface area contributed by atoms with Gasteiger partial charge in [0.2, 0.25) is 10.0 Å². The molecule has 2 N–H and O–H groups in total. The van der Waals surface area contributed by atoms with Crippen molar-refractivity contribution in [3.05, 3.63) is 71.3 Å². The van der Waals surface area contributed by atoms with Gasteiger partial charge in [-0.15, -0.1) is 6.58 Å². The predicted octanol–water partition coefficient (Wildman–Crippen LogP) is 2.76. The lowest BCUT2D eigenvalue weighted by atomic mass is 10.1. The Morgan fingerprint density at radius 2 is 1.89 bits per heavy atom. The Hall–Kier alpha value is -2.68. The molecule has 0 saturated carbocycles. The van der Waals surface area contributed by atoms with Crippen LogP contribution in [0.2, 0.25) is 5.02 Å². The molecule has 0 bridgehead atoms. The summed E-state index contributed by atoms with van der Waals surface area (Å²) in [6, 6.07) is 10.1. The van der Waals surface area contributed by atoms with Crippen molar-refractivity contribution in [2.24, 2.45) is 0 Å². The van der Waals surface area contributed by atoms with Gasteiger partial charge in [0.15, 0.2) is 0 Å². The molecule has 0 spiro atoms. The van der Waals surface area contributed by atoms with E-state index in [4.69, 9.17) is 11.6 Å². The Kier molecular flexibility index (Phi) is 6.95. The van der Waals surface area contributed by atoms with Gasteiger partial charge in [0.25, 0.3) is 11.8 Å². The van der Waals surface area contributed by atoms with Gasteiger partial charge < -0.3 is 10.2 Å². The summed E-state index contributed by atoms with van der Waals surface area (Å²) < 4.78 is 26.7. The van der Waals surface area contributed by atoms with Gasteiger partial charge in [0.05, 0.1) is 15.5 Å². The number of carbonyl (C=O) groups excluding carboxylic acids is 2. The lowest BCUT2D eigenvalue weighted by Crippen LogP contribution is -2.24. The summed E-state index contributed by atoms with van der Waals surface area (Å²) in [4.78, 5) is 26.0. The van der Waals surface area contributed by atoms with E-state index < -0.39 is 15.9 Å². The van der Waals surface area contributed by atoms with E-state index in [0.717, 1.165) is 0 Å². The smallest absolute Gasteiger partial charge is 0.255 e. The predicted molar refractivity (Wildman–Crippen MR) is 109 cm³/mol. The quantitative estimate of drug-likeness (QED) is 0.672. The molecule has 0 saturated heterocycles. The Labute approximate surface area is 169 Å². The van der Waals surface area contributed by atoms with E-state index in [9.17, 15) is 18.0 Å². The number of anilines is 1. The highest BCUT2D eigenvalue weighted by Crippen LogP contribution is 2.22. The monoisotopic (exact) mass is 421 g/mol. The topological polar surface area (TPSA) is 95.6 Å². The number of halogens is 1. The molecule has 2 amide bonds. The van der Waals surface area contributed by atoms with Gasteiger partial charge in [0.1, 0.15) is 0 Å². The van der Waals surface area contributed by atoms with Crippen LogP contribution in [0.15, 0.2) is 60.0 Å². The molecule has 7 nitrogen and oxygen atoms in total. The zero-order valence-corrected chi connectivity index (χ0v) is 17.0. The highest BCUT2D eigenvalue weighted by atomic mass is 35.5. The molecule has 0 atom stereocenters. The van der Waals surface area contributed by atoms with Gasteiger partial charge in [0, 0.05) is 31.9 Å². The molecule has 2 rings (SSSR count). The lowest BCUT2D eigenvalue weighted by Gasteiger charge is -2.13.